The van der Waals surface area contributed by atoms with Crippen LogP contribution in [0.15, 0.2) is 16.9 Å². The van der Waals surface area contributed by atoms with Crippen LogP contribution in [-0.4, -0.2) is 44.0 Å². The molecule has 3 rings (SSSR count). The van der Waals surface area contributed by atoms with Gasteiger partial charge in [-0.15, -0.1) is 0 Å². The molecule has 1 saturated heterocycles. The zero-order chi connectivity index (χ0) is 12.7. The molecule has 94 valence electrons. The highest BCUT2D eigenvalue weighted by atomic mass is 16.5. The summed E-state index contributed by atoms with van der Waals surface area (Å²) >= 11 is 0. The molecule has 7 nitrogen and oxygen atoms in total. The molecule has 1 fully saturated rings. The predicted molar refractivity (Wildman–Crippen MR) is 60.9 cm³/mol. The molecule has 3 heterocycles. The minimum Gasteiger partial charge on any atom is -0.361 e. The van der Waals surface area contributed by atoms with E-state index in [0.29, 0.717) is 30.1 Å². The molecule has 0 aromatic carbocycles. The number of aromatic nitrogens is 4. The summed E-state index contributed by atoms with van der Waals surface area (Å²) in [5, 5.41) is 11.9. The van der Waals surface area contributed by atoms with Gasteiger partial charge in [-0.25, -0.2) is 0 Å². The summed E-state index contributed by atoms with van der Waals surface area (Å²) in [6.07, 6.45) is 3.28. The predicted octanol–water partition coefficient (Wildman–Crippen LogP) is 0.580. The zero-order valence-corrected chi connectivity index (χ0v) is 10.2. The van der Waals surface area contributed by atoms with Crippen LogP contribution in [-0.2, 0) is 0 Å². The van der Waals surface area contributed by atoms with E-state index in [4.69, 9.17) is 4.52 Å². The van der Waals surface area contributed by atoms with Crippen LogP contribution in [0.25, 0.3) is 0 Å². The van der Waals surface area contributed by atoms with E-state index in [1.807, 2.05) is 0 Å². The Morgan fingerprint density at radius 3 is 2.56 bits per heavy atom. The van der Waals surface area contributed by atoms with E-state index < -0.39 is 0 Å². The number of likely N-dealkylation sites (tertiary alicyclic amines) is 1. The molecule has 0 spiro atoms. The van der Waals surface area contributed by atoms with Crippen LogP contribution >= 0.6 is 0 Å². The summed E-state index contributed by atoms with van der Waals surface area (Å²) in [7, 11) is 0. The van der Waals surface area contributed by atoms with Crippen molar-refractivity contribution in [2.45, 2.75) is 19.9 Å². The molecule has 1 amide bonds. The smallest absolute Gasteiger partial charge is 0.259 e. The fourth-order valence-corrected chi connectivity index (χ4v) is 2.13. The molecule has 7 heteroatoms. The van der Waals surface area contributed by atoms with E-state index in [1.54, 1.807) is 35.9 Å². The standard InChI is InChI=1S/C11H13N5O2/c1-7-10(8(2)18-14-7)11(17)15-5-9(6-15)16-12-3-4-13-16/h3-4,9H,5-6H2,1-2H3. The SMILES string of the molecule is Cc1noc(C)c1C(=O)N1CC(n2nccn2)C1. The molecule has 1 aliphatic rings. The van der Waals surface area contributed by atoms with Crippen molar-refractivity contribution in [1.82, 2.24) is 25.1 Å². The lowest BCUT2D eigenvalue weighted by atomic mass is 10.1. The highest BCUT2D eigenvalue weighted by Gasteiger charge is 2.35. The molecule has 0 bridgehead atoms. The Hall–Kier alpha value is -2.18. The Morgan fingerprint density at radius 2 is 2.00 bits per heavy atom. The number of carbonyl (C=O) groups excluding carboxylic acids is 1. The second-order valence-electron chi connectivity index (χ2n) is 4.41. The monoisotopic (exact) mass is 247 g/mol. The number of amides is 1. The van der Waals surface area contributed by atoms with E-state index in [2.05, 4.69) is 15.4 Å². The van der Waals surface area contributed by atoms with E-state index >= 15 is 0 Å². The van der Waals surface area contributed by atoms with Gasteiger partial charge < -0.3 is 9.42 Å². The van der Waals surface area contributed by atoms with Gasteiger partial charge in [-0.05, 0) is 13.8 Å². The number of hydrogen-bond donors (Lipinski definition) is 0. The van der Waals surface area contributed by atoms with Gasteiger partial charge in [0, 0.05) is 13.1 Å². The summed E-state index contributed by atoms with van der Waals surface area (Å²) in [5.74, 6) is 0.535. The fourth-order valence-electron chi connectivity index (χ4n) is 2.13. The third kappa shape index (κ3) is 1.59. The number of nitrogens with zero attached hydrogens (tertiary/aromatic N) is 5. The molecule has 0 aliphatic carbocycles. The van der Waals surface area contributed by atoms with E-state index in [1.165, 1.54) is 0 Å². The van der Waals surface area contributed by atoms with Crippen molar-refractivity contribution in [3.8, 4) is 0 Å². The topological polar surface area (TPSA) is 77.0 Å². The van der Waals surface area contributed by atoms with Crippen LogP contribution in [0.1, 0.15) is 27.9 Å². The second kappa shape index (κ2) is 3.94. The Morgan fingerprint density at radius 1 is 1.33 bits per heavy atom. The molecule has 0 saturated carbocycles. The minimum atomic E-state index is -0.0327. The van der Waals surface area contributed by atoms with Crippen molar-refractivity contribution in [2.75, 3.05) is 13.1 Å². The molecular weight excluding hydrogens is 234 g/mol. The first-order chi connectivity index (χ1) is 8.66. The molecular formula is C11H13N5O2. The molecule has 0 atom stereocenters. The third-order valence-electron chi connectivity index (χ3n) is 3.16. The molecule has 2 aromatic heterocycles. The number of hydrogen-bond acceptors (Lipinski definition) is 5. The summed E-state index contributed by atoms with van der Waals surface area (Å²) in [6, 6.07) is 0.171. The molecule has 0 N–H and O–H groups in total. The maximum atomic E-state index is 12.2. The van der Waals surface area contributed by atoms with Gasteiger partial charge in [0.1, 0.15) is 17.4 Å². The fraction of sp³-hybridized carbons (Fsp3) is 0.455. The maximum Gasteiger partial charge on any atom is 0.259 e. The summed E-state index contributed by atoms with van der Waals surface area (Å²) < 4.78 is 5.01. The van der Waals surface area contributed by atoms with Gasteiger partial charge in [-0.1, -0.05) is 5.16 Å². The first kappa shape index (κ1) is 10.9. The molecule has 2 aromatic rings. The van der Waals surface area contributed by atoms with Gasteiger partial charge in [0.2, 0.25) is 0 Å². The van der Waals surface area contributed by atoms with Crippen molar-refractivity contribution in [2.24, 2.45) is 0 Å². The van der Waals surface area contributed by atoms with Gasteiger partial charge >= 0.3 is 0 Å². The molecule has 0 radical (unpaired) electrons. The van der Waals surface area contributed by atoms with E-state index in [-0.39, 0.29) is 11.9 Å². The van der Waals surface area contributed by atoms with Crippen molar-refractivity contribution < 1.29 is 9.32 Å². The van der Waals surface area contributed by atoms with Gasteiger partial charge in [-0.3, -0.25) is 4.79 Å². The summed E-state index contributed by atoms with van der Waals surface area (Å²) in [6.45, 7) is 4.77. The van der Waals surface area contributed by atoms with Crippen molar-refractivity contribution in [3.05, 3.63) is 29.4 Å². The van der Waals surface area contributed by atoms with Gasteiger partial charge in [0.25, 0.3) is 5.91 Å². The average Bonchev–Trinajstić information content (AvgIpc) is 2.87. The molecule has 18 heavy (non-hydrogen) atoms. The van der Waals surface area contributed by atoms with Gasteiger partial charge in [0.15, 0.2) is 0 Å². The summed E-state index contributed by atoms with van der Waals surface area (Å²) in [4.78, 5) is 15.6. The molecule has 0 unspecified atom stereocenters. The van der Waals surface area contributed by atoms with Crippen molar-refractivity contribution in [3.63, 3.8) is 0 Å². The highest BCUT2D eigenvalue weighted by molar-refractivity contribution is 5.96. The largest absolute Gasteiger partial charge is 0.361 e. The van der Waals surface area contributed by atoms with Gasteiger partial charge in [0.05, 0.1) is 18.1 Å². The average molecular weight is 247 g/mol. The van der Waals surface area contributed by atoms with Crippen molar-refractivity contribution >= 4 is 5.91 Å². The zero-order valence-electron chi connectivity index (χ0n) is 10.2. The Balaban J connectivity index is 1.70. The van der Waals surface area contributed by atoms with Crippen LogP contribution in [0.4, 0.5) is 0 Å². The number of carbonyl (C=O) groups is 1. The normalized spacial score (nSPS) is 15.8. The van der Waals surface area contributed by atoms with Crippen molar-refractivity contribution in [1.29, 1.82) is 0 Å². The Bertz CT molecular complexity index is 549. The third-order valence-corrected chi connectivity index (χ3v) is 3.16. The maximum absolute atomic E-state index is 12.2. The number of aryl methyl sites for hydroxylation is 2. The highest BCUT2D eigenvalue weighted by Crippen LogP contribution is 2.24. The lowest BCUT2D eigenvalue weighted by Crippen LogP contribution is -2.51. The van der Waals surface area contributed by atoms with E-state index in [9.17, 15) is 4.79 Å². The first-order valence-corrected chi connectivity index (χ1v) is 5.74. The number of rotatable bonds is 2. The Kier molecular flexibility index (Phi) is 2.39. The quantitative estimate of drug-likeness (QED) is 0.775. The molecule has 1 aliphatic heterocycles. The van der Waals surface area contributed by atoms with Crippen LogP contribution in [0.2, 0.25) is 0 Å². The summed E-state index contributed by atoms with van der Waals surface area (Å²) in [5.41, 5.74) is 1.21. The van der Waals surface area contributed by atoms with Crippen LogP contribution in [0.3, 0.4) is 0 Å². The van der Waals surface area contributed by atoms with Crippen LogP contribution in [0, 0.1) is 13.8 Å². The van der Waals surface area contributed by atoms with Gasteiger partial charge in [-0.2, -0.15) is 15.0 Å². The van der Waals surface area contributed by atoms with Crippen LogP contribution in [0.5, 0.6) is 0 Å². The lowest BCUT2D eigenvalue weighted by Gasteiger charge is -2.38. The first-order valence-electron chi connectivity index (χ1n) is 5.74. The Labute approximate surface area is 103 Å². The second-order valence-corrected chi connectivity index (χ2v) is 4.41. The van der Waals surface area contributed by atoms with E-state index in [0.717, 1.165) is 0 Å². The van der Waals surface area contributed by atoms with Crippen LogP contribution < -0.4 is 0 Å². The minimum absolute atomic E-state index is 0.0327. The lowest BCUT2D eigenvalue weighted by molar-refractivity contribution is 0.0474.